The average molecular weight is 581 g/mol. The molecule has 1 aliphatic rings. The van der Waals surface area contributed by atoms with Crippen LogP contribution in [0.15, 0.2) is 36.4 Å². The lowest BCUT2D eigenvalue weighted by atomic mass is 9.87. The summed E-state index contributed by atoms with van der Waals surface area (Å²) >= 11 is 0. The van der Waals surface area contributed by atoms with E-state index in [9.17, 15) is 28.7 Å². The van der Waals surface area contributed by atoms with Gasteiger partial charge in [0.05, 0.1) is 18.3 Å². The number of nitrogens with two attached hydrogens (primary N) is 1. The lowest BCUT2D eigenvalue weighted by Gasteiger charge is -2.47. The van der Waals surface area contributed by atoms with Gasteiger partial charge in [-0.1, -0.05) is 39.3 Å². The van der Waals surface area contributed by atoms with Crippen molar-refractivity contribution in [1.29, 1.82) is 0 Å². The molecular formula is C29H45FN4O7. The Hall–Kier alpha value is -3.35. The fourth-order valence-corrected chi connectivity index (χ4v) is 4.39. The molecule has 6 N–H and O–H groups in total. The molecule has 0 bridgehead atoms. The Morgan fingerprint density at radius 1 is 1.15 bits per heavy atom. The molecule has 230 valence electrons. The summed E-state index contributed by atoms with van der Waals surface area (Å²) in [5, 5.41) is 29.4. The number of hydrogen-bond donors (Lipinski definition) is 5. The number of benzene rings is 1. The normalized spacial score (nSPS) is 17.5. The van der Waals surface area contributed by atoms with Crippen LogP contribution in [-0.2, 0) is 19.2 Å². The molecule has 1 saturated heterocycles. The first-order valence-electron chi connectivity index (χ1n) is 13.8. The monoisotopic (exact) mass is 580 g/mol. The number of aliphatic hydroxyl groups is 1. The Kier molecular flexibility index (Phi) is 14.6. The topological polar surface area (TPSA) is 173 Å². The smallest absolute Gasteiger partial charge is 0.328 e. The van der Waals surface area contributed by atoms with Gasteiger partial charge in [0, 0.05) is 49.3 Å². The lowest BCUT2D eigenvalue weighted by Crippen LogP contribution is -2.64. The van der Waals surface area contributed by atoms with E-state index in [1.165, 1.54) is 11.0 Å². The summed E-state index contributed by atoms with van der Waals surface area (Å²) in [6.07, 6.45) is 2.41. The number of piperazine rings is 1. The van der Waals surface area contributed by atoms with Gasteiger partial charge >= 0.3 is 11.9 Å². The summed E-state index contributed by atoms with van der Waals surface area (Å²) in [6, 6.07) is 5.63. The van der Waals surface area contributed by atoms with Gasteiger partial charge in [0.25, 0.3) is 0 Å². The summed E-state index contributed by atoms with van der Waals surface area (Å²) in [5.41, 5.74) is 6.15. The number of carboxylic acid groups (broad SMARTS) is 2. The van der Waals surface area contributed by atoms with Crippen molar-refractivity contribution in [1.82, 2.24) is 10.2 Å². The fourth-order valence-electron chi connectivity index (χ4n) is 4.39. The third kappa shape index (κ3) is 12.0. The molecule has 2 amide bonds. The predicted octanol–water partition coefficient (Wildman–Crippen LogP) is 2.23. The van der Waals surface area contributed by atoms with Crippen LogP contribution in [0.5, 0.6) is 0 Å². The highest BCUT2D eigenvalue weighted by Gasteiger charge is 2.40. The zero-order valence-electron chi connectivity index (χ0n) is 24.5. The van der Waals surface area contributed by atoms with E-state index in [0.29, 0.717) is 31.8 Å². The molecule has 0 spiro atoms. The van der Waals surface area contributed by atoms with E-state index >= 15 is 0 Å². The molecule has 0 aromatic heterocycles. The number of hydrogen-bond acceptors (Lipinski definition) is 7. The summed E-state index contributed by atoms with van der Waals surface area (Å²) in [6.45, 7) is 11.3. The molecule has 1 aliphatic heterocycles. The SMILES string of the molecule is CCCCNC(=O)[C@@H](C[C@H](O)[C@@H](N)CN1CC(=O)N(c2ccccc2F)CC1(C)C)C(C)C.O=C(O)/C=C/C(=O)O. The van der Waals surface area contributed by atoms with Crippen LogP contribution in [0, 0.1) is 17.7 Å². The van der Waals surface area contributed by atoms with Gasteiger partial charge in [-0.2, -0.15) is 0 Å². The molecule has 11 nitrogen and oxygen atoms in total. The van der Waals surface area contributed by atoms with E-state index in [-0.39, 0.29) is 42.3 Å². The third-order valence-corrected chi connectivity index (χ3v) is 6.93. The van der Waals surface area contributed by atoms with E-state index in [2.05, 4.69) is 12.2 Å². The minimum atomic E-state index is -1.26. The van der Waals surface area contributed by atoms with Gasteiger partial charge in [0.15, 0.2) is 0 Å². The molecule has 0 radical (unpaired) electrons. The summed E-state index contributed by atoms with van der Waals surface area (Å²) in [5.74, 6) is -3.49. The largest absolute Gasteiger partial charge is 0.478 e. The van der Waals surface area contributed by atoms with E-state index in [1.807, 2.05) is 32.6 Å². The Morgan fingerprint density at radius 3 is 2.24 bits per heavy atom. The minimum Gasteiger partial charge on any atom is -0.478 e. The molecular weight excluding hydrogens is 535 g/mol. The zero-order chi connectivity index (χ0) is 31.3. The van der Waals surface area contributed by atoms with Gasteiger partial charge in [0.1, 0.15) is 5.82 Å². The fraction of sp³-hybridized carbons (Fsp3) is 0.586. The number of nitrogens with zero attached hydrogens (tertiary/aromatic N) is 2. The van der Waals surface area contributed by atoms with Gasteiger partial charge in [0.2, 0.25) is 11.8 Å². The van der Waals surface area contributed by atoms with Crippen molar-refractivity contribution in [3.63, 3.8) is 0 Å². The van der Waals surface area contributed by atoms with Crippen molar-refractivity contribution in [2.24, 2.45) is 17.6 Å². The van der Waals surface area contributed by atoms with Gasteiger partial charge < -0.3 is 31.3 Å². The molecule has 1 heterocycles. The first kappa shape index (κ1) is 35.7. The van der Waals surface area contributed by atoms with Crippen molar-refractivity contribution < 1.29 is 38.9 Å². The van der Waals surface area contributed by atoms with Crippen molar-refractivity contribution in [2.45, 2.75) is 71.6 Å². The molecule has 2 rings (SSSR count). The molecule has 0 aliphatic carbocycles. The van der Waals surface area contributed by atoms with Gasteiger partial charge in [-0.3, -0.25) is 14.5 Å². The number of carbonyl (C=O) groups is 4. The zero-order valence-corrected chi connectivity index (χ0v) is 24.5. The molecule has 3 atom stereocenters. The van der Waals surface area contributed by atoms with E-state index in [0.717, 1.165) is 12.8 Å². The van der Waals surface area contributed by atoms with Crippen LogP contribution in [0.4, 0.5) is 10.1 Å². The van der Waals surface area contributed by atoms with E-state index < -0.39 is 35.4 Å². The Morgan fingerprint density at radius 2 is 1.73 bits per heavy atom. The van der Waals surface area contributed by atoms with Crippen molar-refractivity contribution in [2.75, 3.05) is 31.1 Å². The van der Waals surface area contributed by atoms with Gasteiger partial charge in [-0.25, -0.2) is 14.0 Å². The Labute approximate surface area is 241 Å². The van der Waals surface area contributed by atoms with Crippen molar-refractivity contribution in [3.05, 3.63) is 42.2 Å². The number of aliphatic hydroxyl groups excluding tert-OH is 1. The first-order valence-corrected chi connectivity index (χ1v) is 13.8. The maximum Gasteiger partial charge on any atom is 0.328 e. The highest BCUT2D eigenvalue weighted by molar-refractivity contribution is 5.96. The Bertz CT molecular complexity index is 1050. The number of amides is 2. The number of para-hydroxylation sites is 1. The van der Waals surface area contributed by atoms with Crippen LogP contribution in [0.3, 0.4) is 0 Å². The standard InChI is InChI=1S/C25H41FN4O3.C4H4O4/c1-6-7-12-28-24(33)18(17(2)3)13-22(31)20(27)14-29-15-23(32)30(16-25(29,4)5)21-11-9-8-10-19(21)26;5-3(6)1-2-4(7)8/h8-11,17-18,20,22,31H,6-7,12-16,27H2,1-5H3,(H,28,33);1-2H,(H,5,6)(H,7,8)/b;2-1+/t18-,20-,22-;/m0./s1. The number of unbranched alkanes of at least 4 members (excludes halogenated alkanes) is 1. The number of carboxylic acids is 2. The third-order valence-electron chi connectivity index (χ3n) is 6.93. The molecule has 1 fully saturated rings. The van der Waals surface area contributed by atoms with Crippen LogP contribution in [-0.4, -0.2) is 87.8 Å². The number of aliphatic carboxylic acids is 2. The molecule has 1 aromatic rings. The maximum atomic E-state index is 14.3. The summed E-state index contributed by atoms with van der Waals surface area (Å²) < 4.78 is 14.3. The molecule has 1 aromatic carbocycles. The number of halogens is 1. The number of rotatable bonds is 13. The highest BCUT2D eigenvalue weighted by atomic mass is 19.1. The van der Waals surface area contributed by atoms with Crippen LogP contribution in [0.1, 0.15) is 53.9 Å². The van der Waals surface area contributed by atoms with Crippen LogP contribution >= 0.6 is 0 Å². The Balaban J connectivity index is 0.000000915. The maximum absolute atomic E-state index is 14.3. The van der Waals surface area contributed by atoms with Crippen LogP contribution in [0.2, 0.25) is 0 Å². The number of carbonyl (C=O) groups excluding carboxylic acids is 2. The van der Waals surface area contributed by atoms with Gasteiger partial charge in [-0.05, 0) is 44.7 Å². The quantitative estimate of drug-likeness (QED) is 0.173. The van der Waals surface area contributed by atoms with Crippen molar-refractivity contribution in [3.8, 4) is 0 Å². The number of anilines is 1. The predicted molar refractivity (Wildman–Crippen MR) is 154 cm³/mol. The van der Waals surface area contributed by atoms with Crippen LogP contribution < -0.4 is 16.0 Å². The summed E-state index contributed by atoms with van der Waals surface area (Å²) in [7, 11) is 0. The average Bonchev–Trinajstić information content (AvgIpc) is 2.88. The molecule has 12 heteroatoms. The second kappa shape index (κ2) is 16.8. The molecule has 41 heavy (non-hydrogen) atoms. The highest BCUT2D eigenvalue weighted by Crippen LogP contribution is 2.29. The minimum absolute atomic E-state index is 0.0568. The second-order valence-electron chi connectivity index (χ2n) is 11.1. The molecule has 0 saturated carbocycles. The van der Waals surface area contributed by atoms with Crippen molar-refractivity contribution >= 4 is 29.4 Å². The lowest BCUT2D eigenvalue weighted by molar-refractivity contribution is -0.134. The first-order chi connectivity index (χ1) is 19.1. The van der Waals surface area contributed by atoms with E-state index in [1.54, 1.807) is 18.2 Å². The second-order valence-corrected chi connectivity index (χ2v) is 11.1. The molecule has 0 unspecified atom stereocenters. The summed E-state index contributed by atoms with van der Waals surface area (Å²) in [4.78, 5) is 48.0. The van der Waals surface area contributed by atoms with Crippen LogP contribution in [0.25, 0.3) is 0 Å². The van der Waals surface area contributed by atoms with E-state index in [4.69, 9.17) is 15.9 Å². The van der Waals surface area contributed by atoms with Gasteiger partial charge in [-0.15, -0.1) is 0 Å². The number of nitrogens with one attached hydrogen (secondary N) is 1.